The fourth-order valence-electron chi connectivity index (χ4n) is 2.98. The number of rotatable bonds is 7. The summed E-state index contributed by atoms with van der Waals surface area (Å²) in [5.41, 5.74) is 7.30. The van der Waals surface area contributed by atoms with Crippen molar-refractivity contribution in [2.45, 2.75) is 31.2 Å². The minimum atomic E-state index is -3.07. The van der Waals surface area contributed by atoms with Crippen LogP contribution in [0.15, 0.2) is 30.3 Å². The fraction of sp³-hybridized carbons (Fsp3) is 0.647. The topological polar surface area (TPSA) is 66.6 Å². The predicted molar refractivity (Wildman–Crippen MR) is 103 cm³/mol. The van der Waals surface area contributed by atoms with Gasteiger partial charge in [0.1, 0.15) is 0 Å². The standard InChI is InChI=1S/C17H29N3O2S2/c1-4-16(19-10-12-20(13-11-19)24(3,21)22)23-14-17(2,18)15-8-6-5-7-9-15/h5-9,16H,4,10-14,18H2,1-3H3. The van der Waals surface area contributed by atoms with Crippen LogP contribution >= 0.6 is 11.8 Å². The summed E-state index contributed by atoms with van der Waals surface area (Å²) in [6.07, 6.45) is 2.31. The van der Waals surface area contributed by atoms with Crippen LogP contribution in [0.25, 0.3) is 0 Å². The van der Waals surface area contributed by atoms with E-state index >= 15 is 0 Å². The second-order valence-electron chi connectivity index (χ2n) is 6.66. The van der Waals surface area contributed by atoms with Crippen molar-refractivity contribution in [1.29, 1.82) is 0 Å². The zero-order chi connectivity index (χ0) is 17.8. The van der Waals surface area contributed by atoms with Gasteiger partial charge in [-0.2, -0.15) is 4.31 Å². The molecule has 0 bridgehead atoms. The van der Waals surface area contributed by atoms with Crippen molar-refractivity contribution >= 4 is 21.8 Å². The van der Waals surface area contributed by atoms with Gasteiger partial charge in [-0.15, -0.1) is 11.8 Å². The lowest BCUT2D eigenvalue weighted by atomic mass is 9.96. The second kappa shape index (κ2) is 8.19. The van der Waals surface area contributed by atoms with Crippen molar-refractivity contribution in [2.24, 2.45) is 5.73 Å². The zero-order valence-corrected chi connectivity index (χ0v) is 16.4. The molecule has 7 heteroatoms. The number of sulfonamides is 1. The summed E-state index contributed by atoms with van der Waals surface area (Å²) in [4.78, 5) is 2.38. The molecule has 5 nitrogen and oxygen atoms in total. The first-order valence-electron chi connectivity index (χ1n) is 8.39. The third kappa shape index (κ3) is 5.20. The van der Waals surface area contributed by atoms with Crippen molar-refractivity contribution in [3.05, 3.63) is 35.9 Å². The number of benzene rings is 1. The van der Waals surface area contributed by atoms with Crippen LogP contribution in [0.4, 0.5) is 0 Å². The Kier molecular flexibility index (Phi) is 6.73. The van der Waals surface area contributed by atoms with Crippen molar-refractivity contribution in [1.82, 2.24) is 9.21 Å². The monoisotopic (exact) mass is 371 g/mol. The van der Waals surface area contributed by atoms with Crippen molar-refractivity contribution in [3.63, 3.8) is 0 Å². The minimum Gasteiger partial charge on any atom is -0.321 e. The molecule has 0 aliphatic carbocycles. The molecule has 1 aliphatic heterocycles. The van der Waals surface area contributed by atoms with E-state index < -0.39 is 10.0 Å². The molecular weight excluding hydrogens is 342 g/mol. The van der Waals surface area contributed by atoms with Crippen LogP contribution in [0.2, 0.25) is 0 Å². The second-order valence-corrected chi connectivity index (χ2v) is 9.80. The molecule has 2 rings (SSSR count). The average Bonchev–Trinajstić information content (AvgIpc) is 2.56. The van der Waals surface area contributed by atoms with Gasteiger partial charge < -0.3 is 5.73 Å². The molecule has 1 aliphatic rings. The predicted octanol–water partition coefficient (Wildman–Crippen LogP) is 1.91. The van der Waals surface area contributed by atoms with Crippen LogP contribution < -0.4 is 5.73 Å². The molecule has 0 radical (unpaired) electrons. The molecule has 1 aromatic carbocycles. The van der Waals surface area contributed by atoms with Crippen LogP contribution in [0.1, 0.15) is 25.8 Å². The Morgan fingerprint density at radius 1 is 1.21 bits per heavy atom. The average molecular weight is 372 g/mol. The molecule has 0 aromatic heterocycles. The third-order valence-electron chi connectivity index (χ3n) is 4.51. The molecule has 1 saturated heterocycles. The molecule has 1 fully saturated rings. The molecule has 0 saturated carbocycles. The summed E-state index contributed by atoms with van der Waals surface area (Å²) >= 11 is 1.87. The van der Waals surface area contributed by atoms with Crippen LogP contribution in [0.3, 0.4) is 0 Å². The number of thioether (sulfide) groups is 1. The highest BCUT2D eigenvalue weighted by molar-refractivity contribution is 7.99. The van der Waals surface area contributed by atoms with Gasteiger partial charge in [0, 0.05) is 37.5 Å². The van der Waals surface area contributed by atoms with Gasteiger partial charge >= 0.3 is 0 Å². The van der Waals surface area contributed by atoms with Gasteiger partial charge in [-0.3, -0.25) is 4.90 Å². The molecule has 2 unspecified atom stereocenters. The number of nitrogens with zero attached hydrogens (tertiary/aromatic N) is 2. The van der Waals surface area contributed by atoms with E-state index in [4.69, 9.17) is 5.73 Å². The van der Waals surface area contributed by atoms with E-state index in [1.807, 2.05) is 30.0 Å². The van der Waals surface area contributed by atoms with Gasteiger partial charge in [0.05, 0.1) is 11.6 Å². The Bertz CT molecular complexity index is 612. The number of piperazine rings is 1. The minimum absolute atomic E-state index is 0.367. The quantitative estimate of drug-likeness (QED) is 0.793. The molecule has 2 N–H and O–H groups in total. The molecular formula is C17H29N3O2S2. The normalized spacial score (nSPS) is 21.3. The first-order chi connectivity index (χ1) is 11.2. The third-order valence-corrected chi connectivity index (χ3v) is 7.59. The largest absolute Gasteiger partial charge is 0.321 e. The molecule has 0 amide bonds. The lowest BCUT2D eigenvalue weighted by Crippen LogP contribution is -2.51. The van der Waals surface area contributed by atoms with E-state index in [0.29, 0.717) is 18.5 Å². The van der Waals surface area contributed by atoms with E-state index in [2.05, 4.69) is 30.9 Å². The van der Waals surface area contributed by atoms with Crippen LogP contribution in [-0.2, 0) is 15.6 Å². The van der Waals surface area contributed by atoms with Crippen molar-refractivity contribution < 1.29 is 8.42 Å². The van der Waals surface area contributed by atoms with Crippen molar-refractivity contribution in [3.8, 4) is 0 Å². The van der Waals surface area contributed by atoms with Crippen molar-refractivity contribution in [2.75, 3.05) is 38.2 Å². The van der Waals surface area contributed by atoms with E-state index in [1.54, 1.807) is 4.31 Å². The van der Waals surface area contributed by atoms with Gasteiger partial charge in [0.15, 0.2) is 0 Å². The van der Waals surface area contributed by atoms with E-state index in [-0.39, 0.29) is 5.54 Å². The van der Waals surface area contributed by atoms with E-state index in [9.17, 15) is 8.42 Å². The van der Waals surface area contributed by atoms with E-state index in [1.165, 1.54) is 6.26 Å². The highest BCUT2D eigenvalue weighted by atomic mass is 32.2. The smallest absolute Gasteiger partial charge is 0.211 e. The highest BCUT2D eigenvalue weighted by Crippen LogP contribution is 2.28. The summed E-state index contributed by atoms with van der Waals surface area (Å²) in [5.74, 6) is 0.835. The summed E-state index contributed by atoms with van der Waals surface area (Å²) in [7, 11) is -3.07. The first-order valence-corrected chi connectivity index (χ1v) is 11.3. The SMILES string of the molecule is CCC(SCC(C)(N)c1ccccc1)N1CCN(S(C)(=O)=O)CC1. The van der Waals surface area contributed by atoms with Gasteiger partial charge in [0.25, 0.3) is 0 Å². The summed E-state index contributed by atoms with van der Waals surface area (Å²) < 4.78 is 24.8. The molecule has 1 heterocycles. The Balaban J connectivity index is 1.91. The number of hydrogen-bond acceptors (Lipinski definition) is 5. The van der Waals surface area contributed by atoms with Crippen LogP contribution in [-0.4, -0.2) is 61.2 Å². The lowest BCUT2D eigenvalue weighted by Gasteiger charge is -2.38. The van der Waals surface area contributed by atoms with Gasteiger partial charge in [-0.05, 0) is 18.9 Å². The van der Waals surface area contributed by atoms with Crippen LogP contribution in [0.5, 0.6) is 0 Å². The highest BCUT2D eigenvalue weighted by Gasteiger charge is 2.29. The molecule has 136 valence electrons. The molecule has 2 atom stereocenters. The Morgan fingerprint density at radius 3 is 2.29 bits per heavy atom. The molecule has 1 aromatic rings. The summed E-state index contributed by atoms with van der Waals surface area (Å²) in [6.45, 7) is 6.97. The lowest BCUT2D eigenvalue weighted by molar-refractivity contribution is 0.174. The van der Waals surface area contributed by atoms with Gasteiger partial charge in [-0.1, -0.05) is 37.3 Å². The number of hydrogen-bond donors (Lipinski definition) is 1. The maximum absolute atomic E-state index is 11.6. The van der Waals surface area contributed by atoms with E-state index in [0.717, 1.165) is 30.8 Å². The number of nitrogens with two attached hydrogens (primary N) is 1. The summed E-state index contributed by atoms with van der Waals surface area (Å²) in [6, 6.07) is 10.2. The Morgan fingerprint density at radius 2 is 1.79 bits per heavy atom. The summed E-state index contributed by atoms with van der Waals surface area (Å²) in [5, 5.41) is 0.373. The van der Waals surface area contributed by atoms with Gasteiger partial charge in [-0.25, -0.2) is 8.42 Å². The molecule has 0 spiro atoms. The van der Waals surface area contributed by atoms with Crippen LogP contribution in [0, 0.1) is 0 Å². The maximum Gasteiger partial charge on any atom is 0.211 e. The first kappa shape index (κ1) is 19.7. The zero-order valence-electron chi connectivity index (χ0n) is 14.8. The van der Waals surface area contributed by atoms with Gasteiger partial charge in [0.2, 0.25) is 10.0 Å². The Labute approximate surface area is 150 Å². The Hall–Kier alpha value is -0.600. The maximum atomic E-state index is 11.6. The molecule has 24 heavy (non-hydrogen) atoms. The fourth-order valence-corrected chi connectivity index (χ4v) is 5.17.